The van der Waals surface area contributed by atoms with Gasteiger partial charge in [0.15, 0.2) is 0 Å². The number of nitrogens with zero attached hydrogens (tertiary/aromatic N) is 1. The lowest BCUT2D eigenvalue weighted by atomic mass is 10.2. The van der Waals surface area contributed by atoms with E-state index < -0.39 is 0 Å². The van der Waals surface area contributed by atoms with Crippen molar-refractivity contribution in [2.75, 3.05) is 0 Å². The minimum Gasteiger partial charge on any atom is -0.198 e. The molecular weight excluding hydrogens is 110 g/mol. The van der Waals surface area contributed by atoms with Gasteiger partial charge in [0.25, 0.3) is 0 Å². The van der Waals surface area contributed by atoms with Gasteiger partial charge in [-0.3, -0.25) is 0 Å². The molecule has 1 nitrogen and oxygen atoms in total. The van der Waals surface area contributed by atoms with Gasteiger partial charge in [-0.2, -0.15) is 5.26 Å². The lowest BCUT2D eigenvalue weighted by Gasteiger charge is -1.87. The van der Waals surface area contributed by atoms with Crippen molar-refractivity contribution in [1.82, 2.24) is 0 Å². The Balaban J connectivity index is 2.76. The van der Waals surface area contributed by atoms with Crippen molar-refractivity contribution in [3.63, 3.8) is 0 Å². The van der Waals surface area contributed by atoms with E-state index in [1.165, 1.54) is 0 Å². The van der Waals surface area contributed by atoms with Crippen LogP contribution in [0.15, 0.2) is 24.3 Å². The van der Waals surface area contributed by atoms with E-state index in [0.29, 0.717) is 6.42 Å². The van der Waals surface area contributed by atoms with Crippen molar-refractivity contribution in [1.29, 1.82) is 5.26 Å². The molecule has 1 radical (unpaired) electrons. The van der Waals surface area contributed by atoms with Crippen LogP contribution in [0.2, 0.25) is 0 Å². The lowest BCUT2D eigenvalue weighted by molar-refractivity contribution is 1.26. The largest absolute Gasteiger partial charge is 0.198 e. The zero-order valence-electron chi connectivity index (χ0n) is 4.96. The Morgan fingerprint density at radius 1 is 1.67 bits per heavy atom. The van der Waals surface area contributed by atoms with Crippen molar-refractivity contribution in [3.8, 4) is 6.07 Å². The average Bonchev–Trinajstić information content (AvgIpc) is 1.91. The second kappa shape index (κ2) is 2.88. The molecule has 1 aromatic rings. The van der Waals surface area contributed by atoms with E-state index in [4.69, 9.17) is 5.26 Å². The summed E-state index contributed by atoms with van der Waals surface area (Å²) in [7, 11) is 0. The Morgan fingerprint density at radius 2 is 2.56 bits per heavy atom. The molecule has 0 unspecified atom stereocenters. The number of hydrogen-bond donors (Lipinski definition) is 0. The zero-order chi connectivity index (χ0) is 6.53. The maximum Gasteiger partial charge on any atom is 0.0669 e. The van der Waals surface area contributed by atoms with Crippen LogP contribution in [-0.4, -0.2) is 0 Å². The highest BCUT2D eigenvalue weighted by Gasteiger charge is 1.84. The van der Waals surface area contributed by atoms with Crippen molar-refractivity contribution < 1.29 is 0 Å². The monoisotopic (exact) mass is 116 g/mol. The number of benzene rings is 1. The molecule has 1 aromatic carbocycles. The van der Waals surface area contributed by atoms with Crippen LogP contribution in [0.25, 0.3) is 0 Å². The zero-order valence-corrected chi connectivity index (χ0v) is 4.96. The van der Waals surface area contributed by atoms with Crippen molar-refractivity contribution in [3.05, 3.63) is 35.9 Å². The molecule has 0 aliphatic carbocycles. The summed E-state index contributed by atoms with van der Waals surface area (Å²) in [6.07, 6.45) is 0.483. The second-order valence-corrected chi connectivity index (χ2v) is 1.75. The van der Waals surface area contributed by atoms with Crippen LogP contribution in [-0.2, 0) is 6.42 Å². The molecule has 1 rings (SSSR count). The van der Waals surface area contributed by atoms with Crippen LogP contribution in [0.3, 0.4) is 0 Å². The fraction of sp³-hybridized carbons (Fsp3) is 0.125. The van der Waals surface area contributed by atoms with Gasteiger partial charge >= 0.3 is 0 Å². The maximum absolute atomic E-state index is 8.26. The summed E-state index contributed by atoms with van der Waals surface area (Å²) in [5.74, 6) is 0. The molecular formula is C8H6N. The van der Waals surface area contributed by atoms with Gasteiger partial charge < -0.3 is 0 Å². The van der Waals surface area contributed by atoms with Crippen LogP contribution in [0.1, 0.15) is 5.56 Å². The third-order valence-corrected chi connectivity index (χ3v) is 1.05. The van der Waals surface area contributed by atoms with E-state index >= 15 is 0 Å². The summed E-state index contributed by atoms with van der Waals surface area (Å²) in [6, 6.07) is 12.4. The molecule has 1 heteroatoms. The van der Waals surface area contributed by atoms with Gasteiger partial charge in [0.2, 0.25) is 0 Å². The third kappa shape index (κ3) is 1.58. The molecule has 0 atom stereocenters. The highest BCUT2D eigenvalue weighted by molar-refractivity contribution is 5.16. The van der Waals surface area contributed by atoms with Crippen LogP contribution in [0, 0.1) is 17.4 Å². The van der Waals surface area contributed by atoms with Gasteiger partial charge in [-0.25, -0.2) is 0 Å². The predicted octanol–water partition coefficient (Wildman–Crippen LogP) is 1.55. The van der Waals surface area contributed by atoms with Crippen LogP contribution >= 0.6 is 0 Å². The van der Waals surface area contributed by atoms with Crippen molar-refractivity contribution in [2.24, 2.45) is 0 Å². The van der Waals surface area contributed by atoms with E-state index in [1.54, 1.807) is 0 Å². The minimum atomic E-state index is 0.483. The van der Waals surface area contributed by atoms with Gasteiger partial charge in [0.1, 0.15) is 0 Å². The first kappa shape index (κ1) is 5.84. The highest BCUT2D eigenvalue weighted by Crippen LogP contribution is 1.96. The van der Waals surface area contributed by atoms with Gasteiger partial charge in [0, 0.05) is 0 Å². The topological polar surface area (TPSA) is 23.8 Å². The Labute approximate surface area is 54.6 Å². The first-order valence-electron chi connectivity index (χ1n) is 2.75. The molecule has 0 aromatic heterocycles. The quantitative estimate of drug-likeness (QED) is 0.546. The predicted molar refractivity (Wildman–Crippen MR) is 34.6 cm³/mol. The summed E-state index contributed by atoms with van der Waals surface area (Å²) < 4.78 is 0. The Bertz CT molecular complexity index is 208. The van der Waals surface area contributed by atoms with Gasteiger partial charge in [-0.1, -0.05) is 24.3 Å². The SMILES string of the molecule is N#CCc1c[c]ccc1. The Morgan fingerprint density at radius 3 is 3.11 bits per heavy atom. The Hall–Kier alpha value is -1.29. The van der Waals surface area contributed by atoms with E-state index in [9.17, 15) is 0 Å². The molecule has 0 saturated carbocycles. The highest BCUT2D eigenvalue weighted by atomic mass is 14.2. The first-order valence-corrected chi connectivity index (χ1v) is 2.75. The maximum atomic E-state index is 8.26. The summed E-state index contributed by atoms with van der Waals surface area (Å²) in [5, 5.41) is 8.26. The first-order chi connectivity index (χ1) is 4.43. The molecule has 0 spiro atoms. The fourth-order valence-corrected chi connectivity index (χ4v) is 0.632. The summed E-state index contributed by atoms with van der Waals surface area (Å²) in [4.78, 5) is 0. The molecule has 43 valence electrons. The lowest BCUT2D eigenvalue weighted by Crippen LogP contribution is -1.76. The van der Waals surface area contributed by atoms with Gasteiger partial charge in [0.05, 0.1) is 12.5 Å². The van der Waals surface area contributed by atoms with Crippen LogP contribution < -0.4 is 0 Å². The summed E-state index contributed by atoms with van der Waals surface area (Å²) in [6.45, 7) is 0. The minimum absolute atomic E-state index is 0.483. The van der Waals surface area contributed by atoms with Crippen molar-refractivity contribution >= 4 is 0 Å². The van der Waals surface area contributed by atoms with Crippen molar-refractivity contribution in [2.45, 2.75) is 6.42 Å². The molecule has 0 N–H and O–H groups in total. The molecule has 0 amide bonds. The number of nitriles is 1. The van der Waals surface area contributed by atoms with Crippen LogP contribution in [0.5, 0.6) is 0 Å². The smallest absolute Gasteiger partial charge is 0.0669 e. The van der Waals surface area contributed by atoms with Crippen LogP contribution in [0.4, 0.5) is 0 Å². The summed E-state index contributed by atoms with van der Waals surface area (Å²) >= 11 is 0. The van der Waals surface area contributed by atoms with E-state index in [1.807, 2.05) is 24.3 Å². The molecule has 9 heavy (non-hydrogen) atoms. The van der Waals surface area contributed by atoms with E-state index in [2.05, 4.69) is 12.1 Å². The molecule has 0 bridgehead atoms. The van der Waals surface area contributed by atoms with Gasteiger partial charge in [-0.15, -0.1) is 0 Å². The third-order valence-electron chi connectivity index (χ3n) is 1.05. The molecule has 0 aliphatic heterocycles. The fourth-order valence-electron chi connectivity index (χ4n) is 0.632. The standard InChI is InChI=1S/C8H6N/c9-7-6-8-4-2-1-3-5-8/h1-2,4-5H,6H2. The molecule has 0 fully saturated rings. The normalized spacial score (nSPS) is 8.33. The second-order valence-electron chi connectivity index (χ2n) is 1.75. The molecule has 0 heterocycles. The molecule has 0 saturated heterocycles. The van der Waals surface area contributed by atoms with E-state index in [0.717, 1.165) is 5.56 Å². The Kier molecular flexibility index (Phi) is 1.87. The average molecular weight is 116 g/mol. The van der Waals surface area contributed by atoms with E-state index in [-0.39, 0.29) is 0 Å². The molecule has 0 aliphatic rings. The number of rotatable bonds is 1. The summed E-state index contributed by atoms with van der Waals surface area (Å²) in [5.41, 5.74) is 1.03. The number of hydrogen-bond acceptors (Lipinski definition) is 1. The van der Waals surface area contributed by atoms with Gasteiger partial charge in [-0.05, 0) is 11.6 Å².